The predicted molar refractivity (Wildman–Crippen MR) is 71.8 cm³/mol. The third-order valence-electron chi connectivity index (χ3n) is 3.69. The van der Waals surface area contributed by atoms with Gasteiger partial charge in [0.1, 0.15) is 26.2 Å². The second-order valence-electron chi connectivity index (χ2n) is 5.09. The number of anilines is 1. The smallest absolute Gasteiger partial charge is 0.279 e. The molecule has 0 bridgehead atoms. The highest BCUT2D eigenvalue weighted by atomic mass is 16.2. The van der Waals surface area contributed by atoms with Gasteiger partial charge in [-0.05, 0) is 31.0 Å². The number of amides is 1. The summed E-state index contributed by atoms with van der Waals surface area (Å²) in [6, 6.07) is 6.02. The largest absolute Gasteiger partial charge is 0.337 e. The Labute approximate surface area is 108 Å². The van der Waals surface area contributed by atoms with Crippen molar-refractivity contribution in [1.82, 2.24) is 0 Å². The zero-order chi connectivity index (χ0) is 13.0. The van der Waals surface area contributed by atoms with Gasteiger partial charge < -0.3 is 15.5 Å². The number of hydrogen-bond acceptors (Lipinski definition) is 1. The molecule has 2 rings (SSSR count). The highest BCUT2D eigenvalue weighted by Gasteiger charge is 2.19. The van der Waals surface area contributed by atoms with Gasteiger partial charge in [0.05, 0.1) is 0 Å². The number of quaternary nitrogens is 2. The molecule has 0 atom stereocenters. The van der Waals surface area contributed by atoms with Crippen molar-refractivity contribution in [2.75, 3.05) is 38.0 Å². The topological polar surface area (TPSA) is 50.1 Å². The van der Waals surface area contributed by atoms with E-state index in [9.17, 15) is 4.79 Å². The summed E-state index contributed by atoms with van der Waals surface area (Å²) in [6.07, 6.45) is 0. The van der Waals surface area contributed by atoms with Crippen LogP contribution in [0.2, 0.25) is 0 Å². The van der Waals surface area contributed by atoms with Crippen LogP contribution >= 0.6 is 0 Å². The molecule has 0 saturated carbocycles. The van der Waals surface area contributed by atoms with E-state index in [0.29, 0.717) is 6.54 Å². The molecule has 1 amide bonds. The van der Waals surface area contributed by atoms with Crippen LogP contribution in [0.1, 0.15) is 11.1 Å². The molecule has 0 radical (unpaired) electrons. The molecule has 1 aliphatic rings. The van der Waals surface area contributed by atoms with Crippen molar-refractivity contribution in [2.24, 2.45) is 0 Å². The van der Waals surface area contributed by atoms with E-state index in [4.69, 9.17) is 0 Å². The van der Waals surface area contributed by atoms with Crippen molar-refractivity contribution in [3.8, 4) is 0 Å². The normalized spacial score (nSPS) is 16.6. The molecule has 1 aromatic rings. The molecule has 98 valence electrons. The summed E-state index contributed by atoms with van der Waals surface area (Å²) in [4.78, 5) is 13.4. The molecule has 1 aromatic carbocycles. The summed E-state index contributed by atoms with van der Waals surface area (Å²) in [5.74, 6) is 0.126. The van der Waals surface area contributed by atoms with Gasteiger partial charge in [-0.3, -0.25) is 4.79 Å². The summed E-state index contributed by atoms with van der Waals surface area (Å²) in [6.45, 7) is 9.13. The van der Waals surface area contributed by atoms with Crippen LogP contribution in [-0.4, -0.2) is 38.6 Å². The summed E-state index contributed by atoms with van der Waals surface area (Å²) in [5.41, 5.74) is 3.32. The number of hydrogen-bond donors (Lipinski definition) is 3. The molecule has 0 spiro atoms. The standard InChI is InChI=1S/C14H21N3O/c1-11-4-3-5-13(12(11)2)16-14(18)10-17-8-6-15-7-9-17/h3-5,15H,6-10H2,1-2H3,(H,16,18)/p+2. The van der Waals surface area contributed by atoms with E-state index < -0.39 is 0 Å². The van der Waals surface area contributed by atoms with Crippen molar-refractivity contribution in [2.45, 2.75) is 13.8 Å². The van der Waals surface area contributed by atoms with Gasteiger partial charge in [-0.15, -0.1) is 0 Å². The van der Waals surface area contributed by atoms with E-state index in [2.05, 4.69) is 23.6 Å². The van der Waals surface area contributed by atoms with Crippen molar-refractivity contribution < 1.29 is 15.0 Å². The molecule has 0 aromatic heterocycles. The molecule has 1 fully saturated rings. The van der Waals surface area contributed by atoms with Gasteiger partial charge in [-0.25, -0.2) is 0 Å². The van der Waals surface area contributed by atoms with Gasteiger partial charge in [0, 0.05) is 5.69 Å². The molecule has 18 heavy (non-hydrogen) atoms. The van der Waals surface area contributed by atoms with Crippen molar-refractivity contribution in [1.29, 1.82) is 0 Å². The number of nitrogens with two attached hydrogens (primary N) is 1. The number of carbonyl (C=O) groups excluding carboxylic acids is 1. The maximum Gasteiger partial charge on any atom is 0.279 e. The Morgan fingerprint density at radius 2 is 2.06 bits per heavy atom. The fourth-order valence-electron chi connectivity index (χ4n) is 2.37. The first-order valence-electron chi connectivity index (χ1n) is 6.68. The Hall–Kier alpha value is -1.39. The summed E-state index contributed by atoms with van der Waals surface area (Å²) < 4.78 is 0. The van der Waals surface area contributed by atoms with Gasteiger partial charge in [0.15, 0.2) is 6.54 Å². The number of rotatable bonds is 3. The van der Waals surface area contributed by atoms with Gasteiger partial charge in [0.2, 0.25) is 0 Å². The summed E-state index contributed by atoms with van der Waals surface area (Å²) >= 11 is 0. The molecule has 4 nitrogen and oxygen atoms in total. The van der Waals surface area contributed by atoms with Crippen LogP contribution in [0.5, 0.6) is 0 Å². The van der Waals surface area contributed by atoms with Crippen LogP contribution in [0, 0.1) is 13.8 Å². The van der Waals surface area contributed by atoms with E-state index in [1.165, 1.54) is 10.5 Å². The zero-order valence-electron chi connectivity index (χ0n) is 11.3. The Balaban J connectivity index is 1.92. The lowest BCUT2D eigenvalue weighted by Gasteiger charge is -2.21. The Bertz CT molecular complexity index is 425. The average molecular weight is 249 g/mol. The average Bonchev–Trinajstić information content (AvgIpc) is 2.36. The molecule has 0 unspecified atom stereocenters. The monoisotopic (exact) mass is 249 g/mol. The van der Waals surface area contributed by atoms with E-state index in [-0.39, 0.29) is 5.91 Å². The molecular weight excluding hydrogens is 226 g/mol. The Kier molecular flexibility index (Phi) is 4.33. The SMILES string of the molecule is Cc1cccc(NC(=O)C[NH+]2CC[NH2+]CC2)c1C. The second-order valence-corrected chi connectivity index (χ2v) is 5.09. The summed E-state index contributed by atoms with van der Waals surface area (Å²) in [5, 5.41) is 5.34. The minimum Gasteiger partial charge on any atom is -0.337 e. The fraction of sp³-hybridized carbons (Fsp3) is 0.500. The number of piperazine rings is 1. The van der Waals surface area contributed by atoms with Crippen molar-refractivity contribution in [3.05, 3.63) is 29.3 Å². The molecular formula is C14H23N3O+2. The van der Waals surface area contributed by atoms with E-state index in [1.807, 2.05) is 19.1 Å². The number of benzene rings is 1. The third kappa shape index (κ3) is 3.31. The lowest BCUT2D eigenvalue weighted by molar-refractivity contribution is -0.940. The van der Waals surface area contributed by atoms with Crippen LogP contribution in [0.4, 0.5) is 5.69 Å². The van der Waals surface area contributed by atoms with Gasteiger partial charge in [0.25, 0.3) is 5.91 Å². The van der Waals surface area contributed by atoms with Crippen molar-refractivity contribution >= 4 is 11.6 Å². The number of nitrogens with one attached hydrogen (secondary N) is 2. The van der Waals surface area contributed by atoms with Gasteiger partial charge in [-0.1, -0.05) is 12.1 Å². The number of aryl methyl sites for hydroxylation is 1. The molecule has 1 aliphatic heterocycles. The maximum absolute atomic E-state index is 12.0. The third-order valence-corrected chi connectivity index (χ3v) is 3.69. The fourth-order valence-corrected chi connectivity index (χ4v) is 2.37. The van der Waals surface area contributed by atoms with Crippen LogP contribution in [0.25, 0.3) is 0 Å². The Morgan fingerprint density at radius 3 is 2.78 bits per heavy atom. The first-order valence-corrected chi connectivity index (χ1v) is 6.68. The minimum atomic E-state index is 0.126. The first-order chi connectivity index (χ1) is 8.66. The van der Waals surface area contributed by atoms with Crippen molar-refractivity contribution in [3.63, 3.8) is 0 Å². The highest BCUT2D eigenvalue weighted by molar-refractivity contribution is 5.92. The quantitative estimate of drug-likeness (QED) is 0.613. The molecule has 1 heterocycles. The van der Waals surface area contributed by atoms with Crippen LogP contribution < -0.4 is 15.5 Å². The van der Waals surface area contributed by atoms with Crippen LogP contribution in [-0.2, 0) is 4.79 Å². The summed E-state index contributed by atoms with van der Waals surface area (Å²) in [7, 11) is 0. The van der Waals surface area contributed by atoms with Crippen LogP contribution in [0.15, 0.2) is 18.2 Å². The molecule has 1 saturated heterocycles. The molecule has 4 N–H and O–H groups in total. The van der Waals surface area contributed by atoms with Gasteiger partial charge >= 0.3 is 0 Å². The van der Waals surface area contributed by atoms with Gasteiger partial charge in [-0.2, -0.15) is 0 Å². The molecule has 0 aliphatic carbocycles. The molecule has 4 heteroatoms. The Morgan fingerprint density at radius 1 is 1.33 bits per heavy atom. The number of carbonyl (C=O) groups is 1. The van der Waals surface area contributed by atoms with Crippen LogP contribution in [0.3, 0.4) is 0 Å². The highest BCUT2D eigenvalue weighted by Crippen LogP contribution is 2.17. The lowest BCUT2D eigenvalue weighted by atomic mass is 10.1. The van der Waals surface area contributed by atoms with E-state index in [0.717, 1.165) is 37.4 Å². The lowest BCUT2D eigenvalue weighted by Crippen LogP contribution is -3.21. The van der Waals surface area contributed by atoms with E-state index >= 15 is 0 Å². The maximum atomic E-state index is 12.0. The minimum absolute atomic E-state index is 0.126. The first kappa shape index (κ1) is 13.1. The second kappa shape index (κ2) is 5.98. The predicted octanol–water partition coefficient (Wildman–Crippen LogP) is -1.30. The van der Waals surface area contributed by atoms with E-state index in [1.54, 1.807) is 0 Å². The zero-order valence-corrected chi connectivity index (χ0v) is 11.3.